The fourth-order valence-corrected chi connectivity index (χ4v) is 6.01. The van der Waals surface area contributed by atoms with Crippen LogP contribution in [0.25, 0.3) is 11.0 Å². The van der Waals surface area contributed by atoms with Gasteiger partial charge in [-0.2, -0.15) is 5.10 Å². The van der Waals surface area contributed by atoms with E-state index in [2.05, 4.69) is 30.3 Å². The monoisotopic (exact) mass is 576 g/mol. The molecule has 2 aromatic carbocycles. The van der Waals surface area contributed by atoms with E-state index in [0.29, 0.717) is 36.8 Å². The smallest absolute Gasteiger partial charge is 0.264 e. The number of pyridine rings is 1. The van der Waals surface area contributed by atoms with Gasteiger partial charge in [0, 0.05) is 38.2 Å². The second-order valence-electron chi connectivity index (χ2n) is 11.0. The molecule has 2 fully saturated rings. The number of amides is 4. The molecule has 216 valence electrons. The van der Waals surface area contributed by atoms with E-state index in [0.717, 1.165) is 27.3 Å². The molecule has 1 unspecified atom stereocenters. The molecule has 0 saturated carbocycles. The minimum absolute atomic E-state index is 0.0816. The lowest BCUT2D eigenvalue weighted by atomic mass is 9.96. The number of rotatable bonds is 7. The Morgan fingerprint density at radius 2 is 1.81 bits per heavy atom. The van der Waals surface area contributed by atoms with Crippen molar-refractivity contribution in [3.05, 3.63) is 83.7 Å². The van der Waals surface area contributed by atoms with Crippen molar-refractivity contribution in [2.75, 3.05) is 23.4 Å². The van der Waals surface area contributed by atoms with Crippen LogP contribution in [0.3, 0.4) is 0 Å². The lowest BCUT2D eigenvalue weighted by Gasteiger charge is -2.42. The molecule has 1 atom stereocenters. The molecule has 12 heteroatoms. The number of carbonyl (C=O) groups is 4. The Balaban J connectivity index is 1.09. The van der Waals surface area contributed by atoms with E-state index < -0.39 is 29.7 Å². The standard InChI is InChI=1S/C31H28N8O4/c1-18(21-8-4-5-14-32-21)35-36-31-33-22-9-2-3-10-23(22)38(31)17-19-15-37(16-19)24-11-6-7-20-27(24)30(43)39(29(20)42)25-12-13-26(40)34-28(25)41/h2-11,14,19,25H,12-13,15-17H2,1H3,(H,33,36)(H,34,40,41)/b35-18+. The molecule has 5 heterocycles. The molecule has 7 rings (SSSR count). The summed E-state index contributed by atoms with van der Waals surface area (Å²) in [5.74, 6) is -1.15. The number of imidazole rings is 1. The maximum absolute atomic E-state index is 13.5. The van der Waals surface area contributed by atoms with Gasteiger partial charge in [0.25, 0.3) is 11.8 Å². The van der Waals surface area contributed by atoms with Crippen molar-refractivity contribution in [1.82, 2.24) is 24.8 Å². The van der Waals surface area contributed by atoms with Gasteiger partial charge in [-0.15, -0.1) is 0 Å². The predicted molar refractivity (Wildman–Crippen MR) is 159 cm³/mol. The number of nitrogens with one attached hydrogen (secondary N) is 2. The van der Waals surface area contributed by atoms with Gasteiger partial charge in [-0.25, -0.2) is 10.4 Å². The van der Waals surface area contributed by atoms with Gasteiger partial charge in [-0.3, -0.25) is 34.4 Å². The van der Waals surface area contributed by atoms with Gasteiger partial charge in [0.1, 0.15) is 6.04 Å². The number of hydrogen-bond donors (Lipinski definition) is 2. The number of aromatic nitrogens is 3. The molecular formula is C31H28N8O4. The second-order valence-corrected chi connectivity index (χ2v) is 11.0. The number of carbonyl (C=O) groups excluding carboxylic acids is 4. The van der Waals surface area contributed by atoms with Gasteiger partial charge in [0.05, 0.1) is 39.3 Å². The largest absolute Gasteiger partial charge is 0.370 e. The van der Waals surface area contributed by atoms with E-state index in [4.69, 9.17) is 4.98 Å². The Bertz CT molecular complexity index is 1830. The highest BCUT2D eigenvalue weighted by molar-refractivity contribution is 6.25. The third-order valence-corrected chi connectivity index (χ3v) is 8.20. The Labute approximate surface area is 246 Å². The van der Waals surface area contributed by atoms with Crippen molar-refractivity contribution < 1.29 is 19.2 Å². The van der Waals surface area contributed by atoms with Crippen LogP contribution in [0.5, 0.6) is 0 Å². The van der Waals surface area contributed by atoms with E-state index in [1.807, 2.05) is 55.5 Å². The molecule has 12 nitrogen and oxygen atoms in total. The number of hydrogen-bond acceptors (Lipinski definition) is 9. The molecule has 3 aliphatic heterocycles. The summed E-state index contributed by atoms with van der Waals surface area (Å²) in [7, 11) is 0. The van der Waals surface area contributed by atoms with E-state index in [9.17, 15) is 19.2 Å². The average Bonchev–Trinajstić information content (AvgIpc) is 3.47. The van der Waals surface area contributed by atoms with Gasteiger partial charge >= 0.3 is 0 Å². The SMILES string of the molecule is C/C(=N\Nc1nc2ccccc2n1CC1CN(c2cccc3c2C(=O)N(C2CCC(=O)NC2=O)C3=O)C1)c1ccccn1. The van der Waals surface area contributed by atoms with E-state index >= 15 is 0 Å². The molecule has 2 aromatic heterocycles. The van der Waals surface area contributed by atoms with Crippen LogP contribution in [0.15, 0.2) is 72.0 Å². The van der Waals surface area contributed by atoms with Crippen molar-refractivity contribution in [3.8, 4) is 0 Å². The van der Waals surface area contributed by atoms with Gasteiger partial charge in [-0.05, 0) is 49.7 Å². The molecule has 4 aromatic rings. The average molecular weight is 577 g/mol. The number of nitrogens with zero attached hydrogens (tertiary/aromatic N) is 6. The maximum Gasteiger partial charge on any atom is 0.264 e. The highest BCUT2D eigenvalue weighted by atomic mass is 16.2. The van der Waals surface area contributed by atoms with Gasteiger partial charge in [-0.1, -0.05) is 24.3 Å². The minimum atomic E-state index is -0.994. The van der Waals surface area contributed by atoms with Crippen molar-refractivity contribution in [3.63, 3.8) is 0 Å². The number of anilines is 2. The quantitative estimate of drug-likeness (QED) is 0.194. The van der Waals surface area contributed by atoms with Crippen LogP contribution in [0.4, 0.5) is 11.6 Å². The maximum atomic E-state index is 13.5. The molecule has 4 amide bonds. The van der Waals surface area contributed by atoms with Gasteiger partial charge < -0.3 is 9.47 Å². The number of para-hydroxylation sites is 2. The first-order valence-electron chi connectivity index (χ1n) is 14.2. The van der Waals surface area contributed by atoms with Crippen LogP contribution in [0, 0.1) is 5.92 Å². The highest BCUT2D eigenvalue weighted by Gasteiger charge is 2.46. The number of imide groups is 2. The van der Waals surface area contributed by atoms with Gasteiger partial charge in [0.2, 0.25) is 17.8 Å². The molecule has 3 aliphatic rings. The molecule has 2 N–H and O–H groups in total. The van der Waals surface area contributed by atoms with Crippen LogP contribution >= 0.6 is 0 Å². The predicted octanol–water partition coefficient (Wildman–Crippen LogP) is 2.81. The number of fused-ring (bicyclic) bond motifs is 2. The van der Waals surface area contributed by atoms with Crippen molar-refractivity contribution in [1.29, 1.82) is 0 Å². The minimum Gasteiger partial charge on any atom is -0.370 e. The number of benzene rings is 2. The Kier molecular flexibility index (Phi) is 6.45. The van der Waals surface area contributed by atoms with Crippen molar-refractivity contribution in [2.45, 2.75) is 32.4 Å². The Morgan fingerprint density at radius 3 is 2.60 bits per heavy atom. The first-order valence-corrected chi connectivity index (χ1v) is 14.2. The topological polar surface area (TPSA) is 142 Å². The zero-order valence-electron chi connectivity index (χ0n) is 23.4. The summed E-state index contributed by atoms with van der Waals surface area (Å²) in [5, 5.41) is 6.78. The second kappa shape index (κ2) is 10.5. The van der Waals surface area contributed by atoms with E-state index in [1.165, 1.54) is 0 Å². The molecule has 2 saturated heterocycles. The van der Waals surface area contributed by atoms with Crippen LogP contribution in [-0.4, -0.2) is 67.9 Å². The normalized spacial score (nSPS) is 19.1. The number of piperidine rings is 1. The highest BCUT2D eigenvalue weighted by Crippen LogP contribution is 2.37. The molecule has 0 radical (unpaired) electrons. The lowest BCUT2D eigenvalue weighted by molar-refractivity contribution is -0.136. The fraction of sp³-hybridized carbons (Fsp3) is 0.258. The molecule has 0 aliphatic carbocycles. The summed E-state index contributed by atoms with van der Waals surface area (Å²) in [6.45, 7) is 3.89. The molecule has 43 heavy (non-hydrogen) atoms. The zero-order chi connectivity index (χ0) is 29.7. The summed E-state index contributed by atoms with van der Waals surface area (Å²) >= 11 is 0. The first-order chi connectivity index (χ1) is 20.9. The molecule has 0 spiro atoms. The fourth-order valence-electron chi connectivity index (χ4n) is 6.01. The van der Waals surface area contributed by atoms with Crippen molar-refractivity contribution in [2.24, 2.45) is 11.0 Å². The van der Waals surface area contributed by atoms with Gasteiger partial charge in [0.15, 0.2) is 0 Å². The summed E-state index contributed by atoms with van der Waals surface area (Å²) in [4.78, 5) is 63.1. The van der Waals surface area contributed by atoms with E-state index in [1.54, 1.807) is 18.3 Å². The number of hydrazone groups is 1. The molecule has 0 bridgehead atoms. The Hall–Kier alpha value is -5.39. The Morgan fingerprint density at radius 1 is 1.00 bits per heavy atom. The van der Waals surface area contributed by atoms with Crippen LogP contribution in [0.2, 0.25) is 0 Å². The van der Waals surface area contributed by atoms with E-state index in [-0.39, 0.29) is 24.3 Å². The third-order valence-electron chi connectivity index (χ3n) is 8.20. The van der Waals surface area contributed by atoms with Crippen LogP contribution in [-0.2, 0) is 16.1 Å². The first kappa shape index (κ1) is 26.5. The molecular weight excluding hydrogens is 548 g/mol. The van der Waals surface area contributed by atoms with Crippen LogP contribution < -0.4 is 15.6 Å². The summed E-state index contributed by atoms with van der Waals surface area (Å²) in [6.07, 6.45) is 1.93. The zero-order valence-corrected chi connectivity index (χ0v) is 23.4. The summed E-state index contributed by atoms with van der Waals surface area (Å²) in [6, 6.07) is 17.8. The summed E-state index contributed by atoms with van der Waals surface area (Å²) < 4.78 is 2.11. The third kappa shape index (κ3) is 4.60. The lowest BCUT2D eigenvalue weighted by Crippen LogP contribution is -2.54. The van der Waals surface area contributed by atoms with Crippen molar-refractivity contribution >= 4 is 52.0 Å². The van der Waals surface area contributed by atoms with Crippen LogP contribution in [0.1, 0.15) is 46.2 Å². The summed E-state index contributed by atoms with van der Waals surface area (Å²) in [5.41, 5.74) is 7.73.